The highest BCUT2D eigenvalue weighted by Crippen LogP contribution is 2.25. The van der Waals surface area contributed by atoms with Gasteiger partial charge in [-0.2, -0.15) is 5.10 Å². The first kappa shape index (κ1) is 22.5. The van der Waals surface area contributed by atoms with Gasteiger partial charge >= 0.3 is 0 Å². The summed E-state index contributed by atoms with van der Waals surface area (Å²) in [7, 11) is -1.82. The predicted molar refractivity (Wildman–Crippen MR) is 129 cm³/mol. The van der Waals surface area contributed by atoms with Gasteiger partial charge in [-0.05, 0) is 24.3 Å². The summed E-state index contributed by atoms with van der Waals surface area (Å²) in [6.07, 6.45) is 1.84. The molecule has 6 nitrogen and oxygen atoms in total. The minimum atomic E-state index is -3.51. The van der Waals surface area contributed by atoms with Crippen molar-refractivity contribution < 1.29 is 13.2 Å². The van der Waals surface area contributed by atoms with E-state index in [-0.39, 0.29) is 23.0 Å². The summed E-state index contributed by atoms with van der Waals surface area (Å²) >= 11 is 0. The van der Waals surface area contributed by atoms with Gasteiger partial charge in [0, 0.05) is 37.3 Å². The fraction of sp³-hybridized carbons (Fsp3) is 0.154. The molecular formula is C26H25N3O3S. The highest BCUT2D eigenvalue weighted by molar-refractivity contribution is 7.91. The molecule has 0 N–H and O–H groups in total. The van der Waals surface area contributed by atoms with E-state index in [1.807, 2.05) is 66.9 Å². The smallest absolute Gasteiger partial charge is 0.223 e. The van der Waals surface area contributed by atoms with Gasteiger partial charge in [-0.1, -0.05) is 66.7 Å². The number of para-hydroxylation sites is 1. The number of hydrogen-bond acceptors (Lipinski definition) is 4. The molecule has 0 saturated carbocycles. The van der Waals surface area contributed by atoms with Crippen LogP contribution in [0, 0.1) is 0 Å². The highest BCUT2D eigenvalue weighted by atomic mass is 32.2. The molecule has 0 saturated heterocycles. The Labute approximate surface area is 194 Å². The molecule has 7 heteroatoms. The Morgan fingerprint density at radius 1 is 0.879 bits per heavy atom. The molecular weight excluding hydrogens is 434 g/mol. The van der Waals surface area contributed by atoms with E-state index in [1.165, 1.54) is 0 Å². The Balaban J connectivity index is 1.52. The third-order valence-electron chi connectivity index (χ3n) is 5.38. The second-order valence-corrected chi connectivity index (χ2v) is 9.89. The number of benzene rings is 3. The Morgan fingerprint density at radius 3 is 2.09 bits per heavy atom. The Morgan fingerprint density at radius 2 is 1.45 bits per heavy atom. The van der Waals surface area contributed by atoms with E-state index in [9.17, 15) is 13.2 Å². The lowest BCUT2D eigenvalue weighted by Crippen LogP contribution is -2.28. The van der Waals surface area contributed by atoms with Gasteiger partial charge in [-0.15, -0.1) is 0 Å². The van der Waals surface area contributed by atoms with Crippen molar-refractivity contribution in [3.05, 3.63) is 103 Å². The SMILES string of the molecule is CN(Cc1cn(-c2ccccc2)nc1-c1ccccc1)C(=O)CCS(=O)(=O)c1ccccc1. The molecule has 0 unspecified atom stereocenters. The highest BCUT2D eigenvalue weighted by Gasteiger charge is 2.20. The number of aromatic nitrogens is 2. The van der Waals surface area contributed by atoms with E-state index in [0.29, 0.717) is 6.54 Å². The molecule has 0 aliphatic rings. The van der Waals surface area contributed by atoms with E-state index in [4.69, 9.17) is 5.10 Å². The Bertz CT molecular complexity index is 1320. The summed E-state index contributed by atoms with van der Waals surface area (Å²) < 4.78 is 26.9. The number of amides is 1. The van der Waals surface area contributed by atoms with Crippen LogP contribution in [0.15, 0.2) is 102 Å². The van der Waals surface area contributed by atoms with Gasteiger partial charge in [-0.25, -0.2) is 13.1 Å². The predicted octanol–water partition coefficient (Wildman–Crippen LogP) is 4.36. The summed E-state index contributed by atoms with van der Waals surface area (Å²) in [6, 6.07) is 27.8. The molecule has 0 spiro atoms. The molecule has 1 heterocycles. The van der Waals surface area contributed by atoms with Crippen LogP contribution in [0.5, 0.6) is 0 Å². The number of sulfone groups is 1. The molecule has 4 aromatic rings. The van der Waals surface area contributed by atoms with E-state index in [0.717, 1.165) is 22.5 Å². The van der Waals surface area contributed by atoms with Crippen LogP contribution in [-0.2, 0) is 21.2 Å². The average Bonchev–Trinajstić information content (AvgIpc) is 3.28. The molecule has 33 heavy (non-hydrogen) atoms. The van der Waals surface area contributed by atoms with Crippen molar-refractivity contribution in [1.29, 1.82) is 0 Å². The van der Waals surface area contributed by atoms with Gasteiger partial charge in [-0.3, -0.25) is 4.79 Å². The minimum Gasteiger partial charge on any atom is -0.341 e. The van der Waals surface area contributed by atoms with Crippen LogP contribution >= 0.6 is 0 Å². The van der Waals surface area contributed by atoms with E-state index < -0.39 is 9.84 Å². The van der Waals surface area contributed by atoms with E-state index in [2.05, 4.69) is 0 Å². The zero-order valence-electron chi connectivity index (χ0n) is 18.3. The average molecular weight is 460 g/mol. The van der Waals surface area contributed by atoms with Crippen LogP contribution in [0.1, 0.15) is 12.0 Å². The van der Waals surface area contributed by atoms with Crippen LogP contribution in [0.3, 0.4) is 0 Å². The third-order valence-corrected chi connectivity index (χ3v) is 7.11. The lowest BCUT2D eigenvalue weighted by atomic mass is 10.1. The van der Waals surface area contributed by atoms with Gasteiger partial charge in [0.1, 0.15) is 0 Å². The van der Waals surface area contributed by atoms with Crippen molar-refractivity contribution >= 4 is 15.7 Å². The molecule has 3 aromatic carbocycles. The molecule has 0 fully saturated rings. The monoisotopic (exact) mass is 459 g/mol. The molecule has 1 amide bonds. The van der Waals surface area contributed by atoms with Gasteiger partial charge in [0.25, 0.3) is 0 Å². The van der Waals surface area contributed by atoms with Crippen molar-refractivity contribution in [2.24, 2.45) is 0 Å². The maximum absolute atomic E-state index is 12.8. The quantitative estimate of drug-likeness (QED) is 0.392. The van der Waals surface area contributed by atoms with Crippen molar-refractivity contribution in [1.82, 2.24) is 14.7 Å². The maximum Gasteiger partial charge on any atom is 0.223 e. The topological polar surface area (TPSA) is 72.3 Å². The standard InChI is InChI=1S/C26H25N3O3S/c1-28(25(30)17-18-33(31,32)24-15-9-4-10-16-24)19-22-20-29(23-13-7-3-8-14-23)27-26(22)21-11-5-2-6-12-21/h2-16,20H,17-19H2,1H3. The van der Waals surface area contributed by atoms with Crippen LogP contribution < -0.4 is 0 Å². The molecule has 0 aliphatic carbocycles. The number of carbonyl (C=O) groups is 1. The fourth-order valence-corrected chi connectivity index (χ4v) is 4.83. The summed E-state index contributed by atoms with van der Waals surface area (Å²) in [5.41, 5.74) is 3.54. The summed E-state index contributed by atoms with van der Waals surface area (Å²) in [6.45, 7) is 0.321. The number of carbonyl (C=O) groups excluding carboxylic acids is 1. The molecule has 0 aliphatic heterocycles. The molecule has 4 rings (SSSR count). The van der Waals surface area contributed by atoms with Gasteiger partial charge in [0.05, 0.1) is 22.0 Å². The van der Waals surface area contributed by atoms with Crippen molar-refractivity contribution in [3.63, 3.8) is 0 Å². The summed E-state index contributed by atoms with van der Waals surface area (Å²) in [5, 5.41) is 4.77. The molecule has 1 aromatic heterocycles. The minimum absolute atomic E-state index is 0.0821. The lowest BCUT2D eigenvalue weighted by molar-refractivity contribution is -0.130. The fourth-order valence-electron chi connectivity index (χ4n) is 3.58. The Hall–Kier alpha value is -3.71. The summed E-state index contributed by atoms with van der Waals surface area (Å²) in [4.78, 5) is 14.6. The van der Waals surface area contributed by atoms with Crippen molar-refractivity contribution in [2.75, 3.05) is 12.8 Å². The van der Waals surface area contributed by atoms with Crippen LogP contribution in [0.2, 0.25) is 0 Å². The van der Waals surface area contributed by atoms with E-state index >= 15 is 0 Å². The molecule has 0 atom stereocenters. The second kappa shape index (κ2) is 9.83. The molecule has 0 radical (unpaired) electrons. The van der Waals surface area contributed by atoms with Gasteiger partial charge in [0.2, 0.25) is 5.91 Å². The Kier molecular flexibility index (Phi) is 6.70. The molecule has 168 valence electrons. The number of nitrogens with zero attached hydrogens (tertiary/aromatic N) is 3. The van der Waals surface area contributed by atoms with Gasteiger partial charge < -0.3 is 4.90 Å². The van der Waals surface area contributed by atoms with Crippen LogP contribution in [0.4, 0.5) is 0 Å². The van der Waals surface area contributed by atoms with Crippen molar-refractivity contribution in [3.8, 4) is 16.9 Å². The van der Waals surface area contributed by atoms with Gasteiger partial charge in [0.15, 0.2) is 9.84 Å². The first-order chi connectivity index (χ1) is 15.9. The number of hydrogen-bond donors (Lipinski definition) is 0. The largest absolute Gasteiger partial charge is 0.341 e. The van der Waals surface area contributed by atoms with Crippen molar-refractivity contribution in [2.45, 2.75) is 17.9 Å². The first-order valence-electron chi connectivity index (χ1n) is 10.7. The zero-order chi connectivity index (χ0) is 23.3. The summed E-state index contributed by atoms with van der Waals surface area (Å²) in [5.74, 6) is -0.462. The third kappa shape index (κ3) is 5.38. The zero-order valence-corrected chi connectivity index (χ0v) is 19.2. The number of rotatable bonds is 8. The molecule has 0 bridgehead atoms. The lowest BCUT2D eigenvalue weighted by Gasteiger charge is -2.17. The van der Waals surface area contributed by atoms with E-state index in [1.54, 1.807) is 47.0 Å². The normalized spacial score (nSPS) is 11.3. The first-order valence-corrected chi connectivity index (χ1v) is 12.3. The van der Waals surface area contributed by atoms with Crippen LogP contribution in [0.25, 0.3) is 16.9 Å². The maximum atomic E-state index is 12.8. The second-order valence-electron chi connectivity index (χ2n) is 7.78. The van der Waals surface area contributed by atoms with Crippen LogP contribution in [-0.4, -0.2) is 41.8 Å².